The van der Waals surface area contributed by atoms with Crippen LogP contribution in [0.1, 0.15) is 21.7 Å². The van der Waals surface area contributed by atoms with E-state index in [1.807, 2.05) is 7.05 Å². The minimum Gasteiger partial charge on any atom is -0.476 e. The SMILES string of the molecule is Cn1ccnc1-c1nc2c(c(C(=O)O)n1)CCNC2. The number of imidazole rings is 1. The van der Waals surface area contributed by atoms with Crippen molar-refractivity contribution in [2.45, 2.75) is 13.0 Å². The third-order valence-corrected chi connectivity index (χ3v) is 3.16. The van der Waals surface area contributed by atoms with Gasteiger partial charge in [-0.25, -0.2) is 19.7 Å². The summed E-state index contributed by atoms with van der Waals surface area (Å²) >= 11 is 0. The van der Waals surface area contributed by atoms with Crippen molar-refractivity contribution in [2.24, 2.45) is 7.05 Å². The maximum Gasteiger partial charge on any atom is 0.354 e. The largest absolute Gasteiger partial charge is 0.476 e. The van der Waals surface area contributed by atoms with Gasteiger partial charge in [0, 0.05) is 31.5 Å². The minimum atomic E-state index is -1.02. The molecular weight excluding hydrogens is 246 g/mol. The predicted molar refractivity (Wildman–Crippen MR) is 66.6 cm³/mol. The zero-order valence-corrected chi connectivity index (χ0v) is 10.4. The molecule has 2 N–H and O–H groups in total. The standard InChI is InChI=1S/C12H13N5O2/c1-17-5-4-14-11(17)10-15-8-6-13-3-2-7(8)9(16-10)12(18)19/h4-5,13H,2-3,6H2,1H3,(H,18,19). The molecule has 0 fully saturated rings. The Hall–Kier alpha value is -2.28. The second-order valence-corrected chi connectivity index (χ2v) is 4.41. The van der Waals surface area contributed by atoms with Gasteiger partial charge in [0.25, 0.3) is 0 Å². The number of fused-ring (bicyclic) bond motifs is 1. The second kappa shape index (κ2) is 4.43. The zero-order chi connectivity index (χ0) is 13.4. The van der Waals surface area contributed by atoms with E-state index in [9.17, 15) is 9.90 Å². The van der Waals surface area contributed by atoms with Gasteiger partial charge in [0.05, 0.1) is 5.69 Å². The molecule has 0 unspecified atom stereocenters. The molecule has 0 saturated heterocycles. The number of carboxylic acids is 1. The summed E-state index contributed by atoms with van der Waals surface area (Å²) in [4.78, 5) is 24.1. The number of carboxylic acid groups (broad SMARTS) is 1. The van der Waals surface area contributed by atoms with Crippen molar-refractivity contribution < 1.29 is 9.90 Å². The molecule has 0 spiro atoms. The molecule has 1 aliphatic rings. The van der Waals surface area contributed by atoms with Gasteiger partial charge in [-0.05, 0) is 13.0 Å². The number of aromatic nitrogens is 4. The summed E-state index contributed by atoms with van der Waals surface area (Å²) in [6.45, 7) is 1.31. The van der Waals surface area contributed by atoms with Gasteiger partial charge >= 0.3 is 5.97 Å². The average molecular weight is 259 g/mol. The van der Waals surface area contributed by atoms with Crippen molar-refractivity contribution >= 4 is 5.97 Å². The van der Waals surface area contributed by atoms with Crippen LogP contribution in [0, 0.1) is 0 Å². The Labute approximate surface area is 109 Å². The number of aryl methyl sites for hydroxylation is 1. The van der Waals surface area contributed by atoms with Crippen LogP contribution in [-0.4, -0.2) is 37.1 Å². The van der Waals surface area contributed by atoms with E-state index in [0.29, 0.717) is 24.6 Å². The molecule has 0 atom stereocenters. The van der Waals surface area contributed by atoms with Gasteiger partial charge in [0.2, 0.25) is 0 Å². The molecule has 1 aliphatic heterocycles. The van der Waals surface area contributed by atoms with E-state index < -0.39 is 5.97 Å². The Bertz CT molecular complexity index is 650. The third kappa shape index (κ3) is 1.97. The highest BCUT2D eigenvalue weighted by molar-refractivity contribution is 5.88. The van der Waals surface area contributed by atoms with Gasteiger partial charge in [0.1, 0.15) is 0 Å². The van der Waals surface area contributed by atoms with Gasteiger partial charge < -0.3 is 15.0 Å². The van der Waals surface area contributed by atoms with Gasteiger partial charge in [-0.2, -0.15) is 0 Å². The monoisotopic (exact) mass is 259 g/mol. The maximum atomic E-state index is 11.3. The van der Waals surface area contributed by atoms with Gasteiger partial charge in [-0.3, -0.25) is 0 Å². The summed E-state index contributed by atoms with van der Waals surface area (Å²) in [6, 6.07) is 0. The molecule has 0 aromatic carbocycles. The van der Waals surface area contributed by atoms with Crippen molar-refractivity contribution in [2.75, 3.05) is 6.54 Å². The lowest BCUT2D eigenvalue weighted by Gasteiger charge is -2.18. The van der Waals surface area contributed by atoms with Crippen LogP contribution >= 0.6 is 0 Å². The maximum absolute atomic E-state index is 11.3. The highest BCUT2D eigenvalue weighted by atomic mass is 16.4. The van der Waals surface area contributed by atoms with Crippen LogP contribution in [0.4, 0.5) is 0 Å². The molecule has 19 heavy (non-hydrogen) atoms. The predicted octanol–water partition coefficient (Wildman–Crippen LogP) is 0.221. The van der Waals surface area contributed by atoms with E-state index in [-0.39, 0.29) is 5.69 Å². The first-order chi connectivity index (χ1) is 9.16. The lowest BCUT2D eigenvalue weighted by molar-refractivity contribution is 0.0688. The van der Waals surface area contributed by atoms with Gasteiger partial charge in [-0.1, -0.05) is 0 Å². The number of aromatic carboxylic acids is 1. The molecule has 0 saturated carbocycles. The first kappa shape index (κ1) is 11.8. The summed E-state index contributed by atoms with van der Waals surface area (Å²) in [5.74, 6) is -0.0979. The van der Waals surface area contributed by atoms with Crippen LogP contribution in [0.3, 0.4) is 0 Å². The molecule has 0 bridgehead atoms. The molecule has 98 valence electrons. The van der Waals surface area contributed by atoms with Crippen LogP contribution in [0.15, 0.2) is 12.4 Å². The fraction of sp³-hybridized carbons (Fsp3) is 0.333. The molecule has 3 heterocycles. The normalized spacial score (nSPS) is 14.2. The number of nitrogens with zero attached hydrogens (tertiary/aromatic N) is 4. The van der Waals surface area contributed by atoms with Crippen molar-refractivity contribution in [1.29, 1.82) is 0 Å². The van der Waals surface area contributed by atoms with Crippen molar-refractivity contribution in [3.05, 3.63) is 29.3 Å². The topological polar surface area (TPSA) is 92.9 Å². The molecule has 2 aromatic heterocycles. The summed E-state index contributed by atoms with van der Waals surface area (Å²) in [6.07, 6.45) is 4.05. The highest BCUT2D eigenvalue weighted by Crippen LogP contribution is 2.20. The molecule has 0 amide bonds. The van der Waals surface area contributed by atoms with E-state index in [0.717, 1.165) is 17.8 Å². The summed E-state index contributed by atoms with van der Waals surface area (Å²) in [7, 11) is 1.82. The van der Waals surface area contributed by atoms with Crippen LogP contribution in [0.2, 0.25) is 0 Å². The number of hydrogen-bond donors (Lipinski definition) is 2. The Kier molecular flexibility index (Phi) is 2.75. The lowest BCUT2D eigenvalue weighted by atomic mass is 10.0. The van der Waals surface area contributed by atoms with Gasteiger partial charge in [-0.15, -0.1) is 0 Å². The Morgan fingerprint density at radius 1 is 1.47 bits per heavy atom. The summed E-state index contributed by atoms with van der Waals surface area (Å²) < 4.78 is 1.77. The lowest BCUT2D eigenvalue weighted by Crippen LogP contribution is -2.28. The van der Waals surface area contributed by atoms with Crippen molar-refractivity contribution in [1.82, 2.24) is 24.8 Å². The summed E-state index contributed by atoms with van der Waals surface area (Å²) in [5, 5.41) is 12.5. The second-order valence-electron chi connectivity index (χ2n) is 4.41. The number of hydrogen-bond acceptors (Lipinski definition) is 5. The third-order valence-electron chi connectivity index (χ3n) is 3.16. The van der Waals surface area contributed by atoms with Crippen molar-refractivity contribution in [3.63, 3.8) is 0 Å². The Balaban J connectivity index is 2.20. The Morgan fingerprint density at radius 3 is 3.00 bits per heavy atom. The number of rotatable bonds is 2. The van der Waals surface area contributed by atoms with Crippen LogP contribution < -0.4 is 5.32 Å². The molecular formula is C12H13N5O2. The van der Waals surface area contributed by atoms with Crippen molar-refractivity contribution in [3.8, 4) is 11.6 Å². The molecule has 7 nitrogen and oxygen atoms in total. The minimum absolute atomic E-state index is 0.0875. The molecule has 3 rings (SSSR count). The van der Waals surface area contributed by atoms with E-state index in [4.69, 9.17) is 0 Å². The van der Waals surface area contributed by atoms with E-state index in [1.165, 1.54) is 0 Å². The Morgan fingerprint density at radius 2 is 2.32 bits per heavy atom. The van der Waals surface area contributed by atoms with E-state index in [2.05, 4.69) is 20.3 Å². The average Bonchev–Trinajstić information content (AvgIpc) is 2.83. The quantitative estimate of drug-likeness (QED) is 0.801. The molecule has 0 radical (unpaired) electrons. The number of nitrogens with one attached hydrogen (secondary N) is 1. The van der Waals surface area contributed by atoms with Gasteiger partial charge in [0.15, 0.2) is 17.3 Å². The van der Waals surface area contributed by atoms with Crippen LogP contribution in [0.5, 0.6) is 0 Å². The fourth-order valence-corrected chi connectivity index (χ4v) is 2.22. The fourth-order valence-electron chi connectivity index (χ4n) is 2.22. The molecule has 7 heteroatoms. The van der Waals surface area contributed by atoms with Crippen LogP contribution in [-0.2, 0) is 20.0 Å². The smallest absolute Gasteiger partial charge is 0.354 e. The van der Waals surface area contributed by atoms with E-state index >= 15 is 0 Å². The summed E-state index contributed by atoms with van der Waals surface area (Å²) in [5.41, 5.74) is 1.56. The first-order valence-corrected chi connectivity index (χ1v) is 5.98. The molecule has 2 aromatic rings. The number of carbonyl (C=O) groups is 1. The molecule has 0 aliphatic carbocycles. The first-order valence-electron chi connectivity index (χ1n) is 5.98. The van der Waals surface area contributed by atoms with Crippen LogP contribution in [0.25, 0.3) is 11.6 Å². The highest BCUT2D eigenvalue weighted by Gasteiger charge is 2.23. The zero-order valence-electron chi connectivity index (χ0n) is 10.4. The van der Waals surface area contributed by atoms with E-state index in [1.54, 1.807) is 17.0 Å².